The highest BCUT2D eigenvalue weighted by Crippen LogP contribution is 2.32. The van der Waals surface area contributed by atoms with Crippen LogP contribution in [-0.4, -0.2) is 13.7 Å². The van der Waals surface area contributed by atoms with Crippen molar-refractivity contribution in [1.82, 2.24) is 0 Å². The molecule has 1 aliphatic rings. The molecule has 1 aromatic rings. The number of hydrogen-bond donors (Lipinski definition) is 1. The summed E-state index contributed by atoms with van der Waals surface area (Å²) >= 11 is 0. The van der Waals surface area contributed by atoms with Crippen LogP contribution in [0.4, 0.5) is 5.69 Å². The monoisotopic (exact) mass is 207 g/mol. The minimum Gasteiger partial charge on any atom is -0.493 e. The molecule has 15 heavy (non-hydrogen) atoms. The summed E-state index contributed by atoms with van der Waals surface area (Å²) in [5, 5.41) is 0. The Hall–Kier alpha value is -1.38. The number of hydrogen-bond acceptors (Lipinski definition) is 3. The van der Waals surface area contributed by atoms with E-state index < -0.39 is 0 Å². The van der Waals surface area contributed by atoms with Crippen LogP contribution in [0.3, 0.4) is 0 Å². The lowest BCUT2D eigenvalue weighted by Gasteiger charge is -2.25. The second kappa shape index (κ2) is 4.43. The average Bonchev–Trinajstić information content (AvgIpc) is 2.17. The molecule has 0 atom stereocenters. The van der Waals surface area contributed by atoms with E-state index in [0.29, 0.717) is 11.4 Å². The van der Waals surface area contributed by atoms with Crippen molar-refractivity contribution in [2.75, 3.05) is 19.5 Å². The Labute approximate surface area is 90.2 Å². The van der Waals surface area contributed by atoms with Crippen LogP contribution in [0.2, 0.25) is 0 Å². The molecule has 0 heterocycles. The molecular weight excluding hydrogens is 190 g/mol. The fraction of sp³-hybridized carbons (Fsp3) is 0.500. The van der Waals surface area contributed by atoms with Crippen molar-refractivity contribution < 1.29 is 9.47 Å². The van der Waals surface area contributed by atoms with Crippen molar-refractivity contribution >= 4 is 5.69 Å². The third-order valence-electron chi connectivity index (χ3n) is 2.89. The molecule has 82 valence electrons. The SMILES string of the molecule is COc1cc(N)ccc1OCC1CCC1. The topological polar surface area (TPSA) is 44.5 Å². The number of nitrogen functional groups attached to an aromatic ring is 1. The van der Waals surface area contributed by atoms with Gasteiger partial charge >= 0.3 is 0 Å². The van der Waals surface area contributed by atoms with E-state index in [2.05, 4.69) is 0 Å². The predicted octanol–water partition coefficient (Wildman–Crippen LogP) is 2.46. The summed E-state index contributed by atoms with van der Waals surface area (Å²) in [4.78, 5) is 0. The molecule has 2 N–H and O–H groups in total. The lowest BCUT2D eigenvalue weighted by atomic mass is 9.86. The molecular formula is C12H17NO2. The molecule has 2 rings (SSSR count). The number of benzene rings is 1. The summed E-state index contributed by atoms with van der Waals surface area (Å²) in [6.45, 7) is 0.792. The van der Waals surface area contributed by atoms with E-state index in [1.807, 2.05) is 12.1 Å². The van der Waals surface area contributed by atoms with Crippen LogP contribution >= 0.6 is 0 Å². The average molecular weight is 207 g/mol. The number of methoxy groups -OCH3 is 1. The Morgan fingerprint density at radius 1 is 1.33 bits per heavy atom. The van der Waals surface area contributed by atoms with Crippen LogP contribution in [0.1, 0.15) is 19.3 Å². The van der Waals surface area contributed by atoms with Gasteiger partial charge in [0.1, 0.15) is 0 Å². The standard InChI is InChI=1S/C12H17NO2/c1-14-12-7-10(13)5-6-11(12)15-8-9-3-2-4-9/h5-7,9H,2-4,8,13H2,1H3. The van der Waals surface area contributed by atoms with Gasteiger partial charge in [0.25, 0.3) is 0 Å². The molecule has 1 aliphatic carbocycles. The van der Waals surface area contributed by atoms with E-state index in [-0.39, 0.29) is 0 Å². The molecule has 3 nitrogen and oxygen atoms in total. The molecule has 0 saturated heterocycles. The molecule has 1 fully saturated rings. The van der Waals surface area contributed by atoms with Crippen LogP contribution in [0.25, 0.3) is 0 Å². The second-order valence-corrected chi connectivity index (χ2v) is 4.02. The smallest absolute Gasteiger partial charge is 0.162 e. The third-order valence-corrected chi connectivity index (χ3v) is 2.89. The van der Waals surface area contributed by atoms with E-state index in [1.165, 1.54) is 19.3 Å². The van der Waals surface area contributed by atoms with Gasteiger partial charge in [-0.25, -0.2) is 0 Å². The molecule has 3 heteroatoms. The highest BCUT2D eigenvalue weighted by Gasteiger charge is 2.18. The van der Waals surface area contributed by atoms with Gasteiger partial charge in [-0.2, -0.15) is 0 Å². The van der Waals surface area contributed by atoms with Crippen molar-refractivity contribution in [2.45, 2.75) is 19.3 Å². The zero-order valence-corrected chi connectivity index (χ0v) is 9.03. The van der Waals surface area contributed by atoms with Gasteiger partial charge in [-0.05, 0) is 30.9 Å². The number of anilines is 1. The Morgan fingerprint density at radius 2 is 2.13 bits per heavy atom. The maximum absolute atomic E-state index is 5.71. The summed E-state index contributed by atoms with van der Waals surface area (Å²) in [5.41, 5.74) is 6.36. The Kier molecular flexibility index (Phi) is 2.99. The molecule has 0 aliphatic heterocycles. The normalized spacial score (nSPS) is 15.8. The lowest BCUT2D eigenvalue weighted by molar-refractivity contribution is 0.176. The van der Waals surface area contributed by atoms with Gasteiger partial charge < -0.3 is 15.2 Å². The van der Waals surface area contributed by atoms with Crippen molar-refractivity contribution in [3.63, 3.8) is 0 Å². The van der Waals surface area contributed by atoms with Gasteiger partial charge in [0.15, 0.2) is 11.5 Å². The Balaban J connectivity index is 1.99. The van der Waals surface area contributed by atoms with Crippen molar-refractivity contribution in [3.05, 3.63) is 18.2 Å². The summed E-state index contributed by atoms with van der Waals surface area (Å²) in [5.74, 6) is 2.24. The molecule has 0 aromatic heterocycles. The van der Waals surface area contributed by atoms with Crippen LogP contribution in [-0.2, 0) is 0 Å². The first-order valence-corrected chi connectivity index (χ1v) is 5.36. The number of rotatable bonds is 4. The molecule has 0 amide bonds. The summed E-state index contributed by atoms with van der Waals surface area (Å²) in [7, 11) is 1.63. The first kappa shape index (κ1) is 10.1. The zero-order chi connectivity index (χ0) is 10.7. The highest BCUT2D eigenvalue weighted by molar-refractivity contribution is 5.51. The maximum Gasteiger partial charge on any atom is 0.162 e. The molecule has 0 unspecified atom stereocenters. The summed E-state index contributed by atoms with van der Waals surface area (Å²) in [6.07, 6.45) is 3.92. The van der Waals surface area contributed by atoms with Gasteiger partial charge in [0.2, 0.25) is 0 Å². The third kappa shape index (κ3) is 2.35. The highest BCUT2D eigenvalue weighted by atomic mass is 16.5. The fourth-order valence-corrected chi connectivity index (χ4v) is 1.67. The lowest BCUT2D eigenvalue weighted by Crippen LogP contribution is -2.19. The largest absolute Gasteiger partial charge is 0.493 e. The van der Waals surface area contributed by atoms with Crippen molar-refractivity contribution in [3.8, 4) is 11.5 Å². The molecule has 0 radical (unpaired) electrons. The first-order chi connectivity index (χ1) is 7.29. The number of ether oxygens (including phenoxy) is 2. The van der Waals surface area contributed by atoms with Crippen LogP contribution < -0.4 is 15.2 Å². The molecule has 0 bridgehead atoms. The van der Waals surface area contributed by atoms with Gasteiger partial charge in [-0.15, -0.1) is 0 Å². The maximum atomic E-state index is 5.71. The molecule has 0 spiro atoms. The fourth-order valence-electron chi connectivity index (χ4n) is 1.67. The van der Waals surface area contributed by atoms with Gasteiger partial charge in [-0.3, -0.25) is 0 Å². The predicted molar refractivity (Wildman–Crippen MR) is 60.2 cm³/mol. The van der Waals surface area contributed by atoms with Gasteiger partial charge in [0.05, 0.1) is 13.7 Å². The minimum absolute atomic E-state index is 0.697. The van der Waals surface area contributed by atoms with E-state index >= 15 is 0 Å². The minimum atomic E-state index is 0.697. The quantitative estimate of drug-likeness (QED) is 0.771. The van der Waals surface area contributed by atoms with Crippen molar-refractivity contribution in [2.24, 2.45) is 5.92 Å². The van der Waals surface area contributed by atoms with Crippen LogP contribution in [0.15, 0.2) is 18.2 Å². The Bertz CT molecular complexity index is 334. The molecule has 1 aromatic carbocycles. The van der Waals surface area contributed by atoms with E-state index in [0.717, 1.165) is 18.3 Å². The van der Waals surface area contributed by atoms with Gasteiger partial charge in [-0.1, -0.05) is 6.42 Å². The van der Waals surface area contributed by atoms with E-state index in [9.17, 15) is 0 Å². The van der Waals surface area contributed by atoms with Crippen molar-refractivity contribution in [1.29, 1.82) is 0 Å². The summed E-state index contributed by atoms with van der Waals surface area (Å²) in [6, 6.07) is 5.49. The zero-order valence-electron chi connectivity index (χ0n) is 9.03. The summed E-state index contributed by atoms with van der Waals surface area (Å²) < 4.78 is 10.9. The molecule has 1 saturated carbocycles. The second-order valence-electron chi connectivity index (χ2n) is 4.02. The van der Waals surface area contributed by atoms with E-state index in [1.54, 1.807) is 13.2 Å². The van der Waals surface area contributed by atoms with E-state index in [4.69, 9.17) is 15.2 Å². The van der Waals surface area contributed by atoms with Gasteiger partial charge in [0, 0.05) is 11.8 Å². The van der Waals surface area contributed by atoms with Crippen LogP contribution in [0, 0.1) is 5.92 Å². The Morgan fingerprint density at radius 3 is 2.73 bits per heavy atom. The van der Waals surface area contributed by atoms with Crippen LogP contribution in [0.5, 0.6) is 11.5 Å². The number of nitrogens with two attached hydrogens (primary N) is 1. The first-order valence-electron chi connectivity index (χ1n) is 5.36.